The molecular formula is C20H33BO6. The summed E-state index contributed by atoms with van der Waals surface area (Å²) < 4.78 is 20.4. The standard InChI is InChI=1S/C13H23BO4.C7H10O2/c1-11-10-13(2,3)18-14(17-11)9-7-5-6-8-12(15)16-4;1-3-4-5-6-7(8)9-2/h7,9,11H,5-6,8,10H2,1-4H3;1H,4-6H2,2H3/b9-7+;. The lowest BCUT2D eigenvalue weighted by atomic mass is 9.82. The number of hydrogen-bond donors (Lipinski definition) is 0. The van der Waals surface area contributed by atoms with Gasteiger partial charge in [0.15, 0.2) is 0 Å². The van der Waals surface area contributed by atoms with Crippen molar-refractivity contribution in [2.45, 2.75) is 77.4 Å². The zero-order valence-electron chi connectivity index (χ0n) is 17.3. The van der Waals surface area contributed by atoms with Crippen LogP contribution < -0.4 is 0 Å². The zero-order valence-corrected chi connectivity index (χ0v) is 17.3. The monoisotopic (exact) mass is 380 g/mol. The average molecular weight is 380 g/mol. The lowest BCUT2D eigenvalue weighted by molar-refractivity contribution is -0.141. The van der Waals surface area contributed by atoms with E-state index in [0.29, 0.717) is 19.3 Å². The second-order valence-electron chi connectivity index (χ2n) is 6.93. The predicted molar refractivity (Wildman–Crippen MR) is 106 cm³/mol. The van der Waals surface area contributed by atoms with Crippen LogP contribution in [0.15, 0.2) is 12.1 Å². The Labute approximate surface area is 164 Å². The Balaban J connectivity index is 0.000000636. The smallest absolute Gasteiger partial charge is 0.469 e. The average Bonchev–Trinajstić information content (AvgIpc) is 2.60. The number of hydrogen-bond acceptors (Lipinski definition) is 6. The summed E-state index contributed by atoms with van der Waals surface area (Å²) in [7, 11) is 2.51. The molecule has 0 radical (unpaired) electrons. The number of carbonyl (C=O) groups is 2. The van der Waals surface area contributed by atoms with Gasteiger partial charge in [0.1, 0.15) is 0 Å². The zero-order chi connectivity index (χ0) is 20.7. The Morgan fingerprint density at radius 1 is 1.22 bits per heavy atom. The SMILES string of the molecule is C#CCCCC(=O)OC.COC(=O)CCC/C=C/B1OC(C)CC(C)(C)O1. The number of carbonyl (C=O) groups excluding carboxylic acids is 2. The van der Waals surface area contributed by atoms with Crippen molar-refractivity contribution >= 4 is 19.1 Å². The van der Waals surface area contributed by atoms with E-state index in [1.165, 1.54) is 14.2 Å². The number of allylic oxidation sites excluding steroid dienone is 1. The first-order valence-corrected chi connectivity index (χ1v) is 9.31. The lowest BCUT2D eigenvalue weighted by Gasteiger charge is -2.37. The van der Waals surface area contributed by atoms with Gasteiger partial charge in [0.05, 0.1) is 19.8 Å². The van der Waals surface area contributed by atoms with Gasteiger partial charge in [-0.1, -0.05) is 12.1 Å². The van der Waals surface area contributed by atoms with E-state index in [0.717, 1.165) is 25.7 Å². The normalized spacial score (nSPS) is 18.2. The number of rotatable bonds is 8. The Kier molecular flexibility index (Phi) is 13.4. The molecule has 0 bridgehead atoms. The maximum Gasteiger partial charge on any atom is 0.486 e. The predicted octanol–water partition coefficient (Wildman–Crippen LogP) is 3.48. The molecule has 0 aromatic carbocycles. The second-order valence-corrected chi connectivity index (χ2v) is 6.93. The first kappa shape index (κ1) is 25.2. The van der Waals surface area contributed by atoms with E-state index in [1.54, 1.807) is 0 Å². The van der Waals surface area contributed by atoms with Gasteiger partial charge in [0.25, 0.3) is 0 Å². The van der Waals surface area contributed by atoms with Gasteiger partial charge in [-0.15, -0.1) is 12.3 Å². The van der Waals surface area contributed by atoms with E-state index >= 15 is 0 Å². The van der Waals surface area contributed by atoms with Gasteiger partial charge in [0.2, 0.25) is 0 Å². The number of esters is 2. The third kappa shape index (κ3) is 14.0. The highest BCUT2D eigenvalue weighted by Crippen LogP contribution is 2.26. The van der Waals surface area contributed by atoms with Gasteiger partial charge in [0, 0.05) is 25.4 Å². The van der Waals surface area contributed by atoms with Gasteiger partial charge in [-0.05, 0) is 46.5 Å². The third-order valence-corrected chi connectivity index (χ3v) is 3.78. The largest absolute Gasteiger partial charge is 0.486 e. The molecule has 1 heterocycles. The minimum absolute atomic E-state index is 0.140. The number of methoxy groups -OCH3 is 2. The van der Waals surface area contributed by atoms with E-state index in [9.17, 15) is 9.59 Å². The maximum absolute atomic E-state index is 10.9. The molecule has 6 nitrogen and oxygen atoms in total. The molecule has 0 aliphatic carbocycles. The van der Waals surface area contributed by atoms with Crippen LogP contribution in [0.4, 0.5) is 0 Å². The van der Waals surface area contributed by atoms with Crippen LogP contribution in [0.25, 0.3) is 0 Å². The fraction of sp³-hybridized carbons (Fsp3) is 0.700. The van der Waals surface area contributed by atoms with Crippen molar-refractivity contribution in [3.63, 3.8) is 0 Å². The van der Waals surface area contributed by atoms with Crippen molar-refractivity contribution in [2.75, 3.05) is 14.2 Å². The summed E-state index contributed by atoms with van der Waals surface area (Å²) in [5.41, 5.74) is -0.140. The number of ether oxygens (including phenoxy) is 2. The topological polar surface area (TPSA) is 71.1 Å². The molecule has 27 heavy (non-hydrogen) atoms. The number of terminal acetylenes is 1. The Hall–Kier alpha value is -1.78. The van der Waals surface area contributed by atoms with Crippen LogP contribution in [0.3, 0.4) is 0 Å². The van der Waals surface area contributed by atoms with E-state index in [4.69, 9.17) is 15.7 Å². The third-order valence-electron chi connectivity index (χ3n) is 3.78. The molecule has 1 aliphatic rings. The minimum Gasteiger partial charge on any atom is -0.469 e. The molecule has 1 rings (SSSR count). The van der Waals surface area contributed by atoms with Gasteiger partial charge in [-0.2, -0.15) is 0 Å². The summed E-state index contributed by atoms with van der Waals surface area (Å²) >= 11 is 0. The highest BCUT2D eigenvalue weighted by atomic mass is 16.6. The maximum atomic E-state index is 10.9. The van der Waals surface area contributed by atoms with Crippen LogP contribution >= 0.6 is 0 Å². The van der Waals surface area contributed by atoms with Crippen LogP contribution in [0.5, 0.6) is 0 Å². The van der Waals surface area contributed by atoms with E-state index in [2.05, 4.69) is 36.2 Å². The molecule has 1 fully saturated rings. The van der Waals surface area contributed by atoms with Gasteiger partial charge in [-0.25, -0.2) is 0 Å². The summed E-state index contributed by atoms with van der Waals surface area (Å²) in [5.74, 6) is 4.01. The quantitative estimate of drug-likeness (QED) is 0.278. The van der Waals surface area contributed by atoms with Crippen molar-refractivity contribution in [3.05, 3.63) is 12.1 Å². The summed E-state index contributed by atoms with van der Waals surface area (Å²) in [6.07, 6.45) is 11.9. The van der Waals surface area contributed by atoms with Gasteiger partial charge >= 0.3 is 19.1 Å². The van der Waals surface area contributed by atoms with Crippen LogP contribution in [0, 0.1) is 12.3 Å². The second kappa shape index (κ2) is 14.3. The van der Waals surface area contributed by atoms with Crippen LogP contribution in [-0.4, -0.2) is 45.0 Å². The van der Waals surface area contributed by atoms with Crippen LogP contribution in [0.2, 0.25) is 0 Å². The summed E-state index contributed by atoms with van der Waals surface area (Å²) in [5, 5.41) is 0. The molecule has 1 unspecified atom stereocenters. The molecule has 0 saturated carbocycles. The van der Waals surface area contributed by atoms with Gasteiger partial charge in [-0.3, -0.25) is 9.59 Å². The number of unbranched alkanes of at least 4 members (excludes halogenated alkanes) is 2. The Morgan fingerprint density at radius 3 is 2.33 bits per heavy atom. The molecule has 1 aliphatic heterocycles. The van der Waals surface area contributed by atoms with E-state index in [-0.39, 0.29) is 30.8 Å². The van der Waals surface area contributed by atoms with Crippen molar-refractivity contribution in [1.82, 2.24) is 0 Å². The Bertz CT molecular complexity index is 509. The van der Waals surface area contributed by atoms with E-state index < -0.39 is 0 Å². The minimum atomic E-state index is -0.276. The van der Waals surface area contributed by atoms with Crippen molar-refractivity contribution < 1.29 is 28.4 Å². The van der Waals surface area contributed by atoms with Crippen LogP contribution in [0.1, 0.15) is 65.7 Å². The molecule has 152 valence electrons. The summed E-state index contributed by atoms with van der Waals surface area (Å²) in [6.45, 7) is 6.20. The fourth-order valence-electron chi connectivity index (χ4n) is 2.55. The summed E-state index contributed by atoms with van der Waals surface area (Å²) in [6, 6.07) is 0. The molecule has 0 aromatic heterocycles. The molecule has 7 heteroatoms. The van der Waals surface area contributed by atoms with Gasteiger partial charge < -0.3 is 18.8 Å². The molecule has 0 spiro atoms. The molecule has 0 N–H and O–H groups in total. The Morgan fingerprint density at radius 2 is 1.81 bits per heavy atom. The highest BCUT2D eigenvalue weighted by molar-refractivity contribution is 6.51. The van der Waals surface area contributed by atoms with Crippen molar-refractivity contribution in [2.24, 2.45) is 0 Å². The first-order chi connectivity index (χ1) is 12.7. The molecular weight excluding hydrogens is 347 g/mol. The van der Waals surface area contributed by atoms with Crippen molar-refractivity contribution in [3.8, 4) is 12.3 Å². The molecule has 1 saturated heterocycles. The van der Waals surface area contributed by atoms with E-state index in [1.807, 2.05) is 12.1 Å². The fourth-order valence-corrected chi connectivity index (χ4v) is 2.55. The lowest BCUT2D eigenvalue weighted by Crippen LogP contribution is -2.45. The highest BCUT2D eigenvalue weighted by Gasteiger charge is 2.35. The molecule has 1 atom stereocenters. The summed E-state index contributed by atoms with van der Waals surface area (Å²) in [4.78, 5) is 21.3. The molecule has 0 amide bonds. The van der Waals surface area contributed by atoms with Crippen LogP contribution in [-0.2, 0) is 28.4 Å². The molecule has 0 aromatic rings. The first-order valence-electron chi connectivity index (χ1n) is 9.31. The van der Waals surface area contributed by atoms with Crippen molar-refractivity contribution in [1.29, 1.82) is 0 Å².